The van der Waals surface area contributed by atoms with Crippen molar-refractivity contribution in [3.05, 3.63) is 64.1 Å². The second-order valence-corrected chi connectivity index (χ2v) is 6.25. The van der Waals surface area contributed by atoms with E-state index >= 15 is 0 Å². The predicted octanol–water partition coefficient (Wildman–Crippen LogP) is 4.57. The minimum absolute atomic E-state index is 0.231. The van der Waals surface area contributed by atoms with Gasteiger partial charge in [-0.15, -0.1) is 0 Å². The van der Waals surface area contributed by atoms with Crippen LogP contribution in [0.2, 0.25) is 0 Å². The van der Waals surface area contributed by atoms with Crippen LogP contribution in [0.3, 0.4) is 0 Å². The Labute approximate surface area is 157 Å². The number of nitrogens with zero attached hydrogens (tertiary/aromatic N) is 1. The van der Waals surface area contributed by atoms with E-state index in [1.807, 2.05) is 0 Å². The third-order valence-corrected chi connectivity index (χ3v) is 4.31. The average Bonchev–Trinajstić information content (AvgIpc) is 2.59. The first-order valence-electron chi connectivity index (χ1n) is 7.74. The van der Waals surface area contributed by atoms with Gasteiger partial charge in [0.25, 0.3) is 5.91 Å². The number of hydrogen-bond donors (Lipinski definition) is 1. The second-order valence-electron chi connectivity index (χ2n) is 5.39. The Morgan fingerprint density at radius 2 is 1.69 bits per heavy atom. The van der Waals surface area contributed by atoms with Gasteiger partial charge in [-0.25, -0.2) is 0 Å². The fourth-order valence-electron chi connectivity index (χ4n) is 2.33. The van der Waals surface area contributed by atoms with Gasteiger partial charge in [0.2, 0.25) is 5.91 Å². The zero-order valence-electron chi connectivity index (χ0n) is 13.8. The van der Waals surface area contributed by atoms with Gasteiger partial charge in [-0.3, -0.25) is 9.59 Å². The number of rotatable bonds is 5. The highest BCUT2D eigenvalue weighted by molar-refractivity contribution is 9.10. The van der Waals surface area contributed by atoms with Crippen molar-refractivity contribution in [3.8, 4) is 0 Å². The molecule has 0 saturated carbocycles. The van der Waals surface area contributed by atoms with Crippen LogP contribution in [0.1, 0.15) is 22.8 Å². The average molecular weight is 429 g/mol. The Hall–Kier alpha value is -2.35. The van der Waals surface area contributed by atoms with Gasteiger partial charge in [0.1, 0.15) is 6.54 Å². The number of anilines is 1. The molecule has 0 bridgehead atoms. The third-order valence-electron chi connectivity index (χ3n) is 3.61. The molecule has 4 nitrogen and oxygen atoms in total. The quantitative estimate of drug-likeness (QED) is 0.758. The summed E-state index contributed by atoms with van der Waals surface area (Å²) in [5.74, 6) is -1.09. The fraction of sp³-hybridized carbons (Fsp3) is 0.222. The molecule has 0 aliphatic rings. The van der Waals surface area contributed by atoms with Crippen molar-refractivity contribution in [2.75, 3.05) is 18.4 Å². The zero-order valence-corrected chi connectivity index (χ0v) is 15.4. The third kappa shape index (κ3) is 4.85. The molecule has 2 aromatic carbocycles. The van der Waals surface area contributed by atoms with E-state index in [4.69, 9.17) is 0 Å². The van der Waals surface area contributed by atoms with Crippen molar-refractivity contribution in [1.82, 2.24) is 4.90 Å². The number of carbonyl (C=O) groups excluding carboxylic acids is 2. The van der Waals surface area contributed by atoms with Crippen molar-refractivity contribution < 1.29 is 22.8 Å². The molecule has 0 heterocycles. The first kappa shape index (κ1) is 20.0. The summed E-state index contributed by atoms with van der Waals surface area (Å²) in [6, 6.07) is 11.4. The van der Waals surface area contributed by atoms with E-state index in [9.17, 15) is 22.8 Å². The van der Waals surface area contributed by atoms with Crippen LogP contribution < -0.4 is 5.32 Å². The van der Waals surface area contributed by atoms with Gasteiger partial charge in [0.15, 0.2) is 0 Å². The highest BCUT2D eigenvalue weighted by Gasteiger charge is 2.33. The van der Waals surface area contributed by atoms with Crippen LogP contribution in [0.15, 0.2) is 53.0 Å². The number of nitrogens with one attached hydrogen (secondary N) is 1. The molecular weight excluding hydrogens is 413 g/mol. The Morgan fingerprint density at radius 1 is 1.08 bits per heavy atom. The van der Waals surface area contributed by atoms with Crippen LogP contribution >= 0.6 is 15.9 Å². The minimum Gasteiger partial charge on any atom is -0.330 e. The summed E-state index contributed by atoms with van der Waals surface area (Å²) in [7, 11) is 0. The monoisotopic (exact) mass is 428 g/mol. The van der Waals surface area contributed by atoms with Crippen molar-refractivity contribution in [1.29, 1.82) is 0 Å². The molecule has 138 valence electrons. The summed E-state index contributed by atoms with van der Waals surface area (Å²) in [5.41, 5.74) is -0.902. The minimum atomic E-state index is -4.58. The van der Waals surface area contributed by atoms with E-state index in [1.54, 1.807) is 31.2 Å². The summed E-state index contributed by atoms with van der Waals surface area (Å²) in [6.45, 7) is 1.56. The summed E-state index contributed by atoms with van der Waals surface area (Å²) in [4.78, 5) is 26.0. The molecule has 0 atom stereocenters. The summed E-state index contributed by atoms with van der Waals surface area (Å²) >= 11 is 3.27. The molecule has 0 aromatic heterocycles. The van der Waals surface area contributed by atoms with Crippen molar-refractivity contribution >= 4 is 33.4 Å². The Bertz CT molecular complexity index is 809. The Morgan fingerprint density at radius 3 is 2.31 bits per heavy atom. The van der Waals surface area contributed by atoms with E-state index in [-0.39, 0.29) is 24.7 Å². The van der Waals surface area contributed by atoms with Crippen LogP contribution in [0.4, 0.5) is 18.9 Å². The van der Waals surface area contributed by atoms with Gasteiger partial charge < -0.3 is 10.2 Å². The lowest BCUT2D eigenvalue weighted by Gasteiger charge is -2.21. The first-order valence-corrected chi connectivity index (χ1v) is 8.53. The lowest BCUT2D eigenvalue weighted by atomic mass is 10.1. The Balaban J connectivity index is 2.14. The summed E-state index contributed by atoms with van der Waals surface area (Å²) < 4.78 is 39.6. The molecule has 1 N–H and O–H groups in total. The molecule has 0 aliphatic carbocycles. The molecule has 0 unspecified atom stereocenters. The van der Waals surface area contributed by atoms with Gasteiger partial charge in [0, 0.05) is 11.0 Å². The van der Waals surface area contributed by atoms with E-state index in [1.165, 1.54) is 23.1 Å². The number of carbonyl (C=O) groups is 2. The topological polar surface area (TPSA) is 49.4 Å². The molecule has 26 heavy (non-hydrogen) atoms. The summed E-state index contributed by atoms with van der Waals surface area (Å²) in [5, 5.41) is 2.24. The van der Waals surface area contributed by atoms with Gasteiger partial charge in [0.05, 0.1) is 16.8 Å². The number of amides is 2. The molecule has 0 fully saturated rings. The maximum Gasteiger partial charge on any atom is 0.418 e. The first-order chi connectivity index (χ1) is 12.2. The van der Waals surface area contributed by atoms with Crippen LogP contribution in [0.25, 0.3) is 0 Å². The number of para-hydroxylation sites is 1. The number of likely N-dealkylation sites (N-methyl/N-ethyl adjacent to an activating group) is 1. The molecule has 0 spiro atoms. The number of alkyl halides is 3. The SMILES string of the molecule is CCN(CC(=O)Nc1ccccc1C(F)(F)F)C(=O)c1ccccc1Br. The zero-order chi connectivity index (χ0) is 19.3. The van der Waals surface area contributed by atoms with Crippen molar-refractivity contribution in [2.45, 2.75) is 13.1 Å². The normalized spacial score (nSPS) is 11.1. The number of hydrogen-bond acceptors (Lipinski definition) is 2. The highest BCUT2D eigenvalue weighted by atomic mass is 79.9. The van der Waals surface area contributed by atoms with Gasteiger partial charge in [-0.05, 0) is 47.1 Å². The Kier molecular flexibility index (Phi) is 6.42. The van der Waals surface area contributed by atoms with Gasteiger partial charge in [-0.1, -0.05) is 24.3 Å². The van der Waals surface area contributed by atoms with Gasteiger partial charge >= 0.3 is 6.18 Å². The molecule has 0 saturated heterocycles. The molecule has 0 radical (unpaired) electrons. The van der Waals surface area contributed by atoms with E-state index in [0.717, 1.165) is 6.07 Å². The van der Waals surface area contributed by atoms with Crippen LogP contribution in [-0.4, -0.2) is 29.8 Å². The van der Waals surface area contributed by atoms with Crippen LogP contribution in [0, 0.1) is 0 Å². The predicted molar refractivity (Wildman–Crippen MR) is 95.8 cm³/mol. The van der Waals surface area contributed by atoms with Crippen molar-refractivity contribution in [2.24, 2.45) is 0 Å². The van der Waals surface area contributed by atoms with E-state index in [0.29, 0.717) is 10.0 Å². The van der Waals surface area contributed by atoms with E-state index in [2.05, 4.69) is 21.2 Å². The smallest absolute Gasteiger partial charge is 0.330 e. The highest BCUT2D eigenvalue weighted by Crippen LogP contribution is 2.34. The van der Waals surface area contributed by atoms with Crippen molar-refractivity contribution in [3.63, 3.8) is 0 Å². The number of benzene rings is 2. The molecule has 0 aliphatic heterocycles. The molecular formula is C18H16BrF3N2O2. The second kappa shape index (κ2) is 8.35. The van der Waals surface area contributed by atoms with Gasteiger partial charge in [-0.2, -0.15) is 13.2 Å². The van der Waals surface area contributed by atoms with E-state index < -0.39 is 17.6 Å². The van der Waals surface area contributed by atoms with Crippen LogP contribution in [-0.2, 0) is 11.0 Å². The molecule has 2 aromatic rings. The maximum absolute atomic E-state index is 13.0. The van der Waals surface area contributed by atoms with Crippen LogP contribution in [0.5, 0.6) is 0 Å². The lowest BCUT2D eigenvalue weighted by Crippen LogP contribution is -2.38. The fourth-order valence-corrected chi connectivity index (χ4v) is 2.79. The summed E-state index contributed by atoms with van der Waals surface area (Å²) in [6.07, 6.45) is -4.58. The molecule has 2 amide bonds. The molecule has 2 rings (SSSR count). The largest absolute Gasteiger partial charge is 0.418 e. The lowest BCUT2D eigenvalue weighted by molar-refractivity contribution is -0.137. The maximum atomic E-state index is 13.0. The number of halogens is 4. The standard InChI is InChI=1S/C18H16BrF3N2O2/c1-2-24(17(26)12-7-3-5-9-14(12)19)11-16(25)23-15-10-6-4-8-13(15)18(20,21)22/h3-10H,2,11H2,1H3,(H,23,25). The molecule has 8 heteroatoms.